The Morgan fingerprint density at radius 2 is 1.93 bits per heavy atom. The van der Waals surface area contributed by atoms with E-state index in [4.69, 9.17) is 5.11 Å². The zero-order valence-electron chi connectivity index (χ0n) is 14.5. The van der Waals surface area contributed by atoms with Crippen molar-refractivity contribution in [2.45, 2.75) is 25.2 Å². The molecule has 3 aromatic rings. The molecule has 138 valence electrons. The average molecular weight is 386 g/mol. The minimum atomic E-state index is -4.12. The number of rotatable bonds is 4. The van der Waals surface area contributed by atoms with Crippen LogP contribution in [0.3, 0.4) is 0 Å². The van der Waals surface area contributed by atoms with Crippen molar-refractivity contribution >= 4 is 26.9 Å². The van der Waals surface area contributed by atoms with E-state index in [2.05, 4.69) is 0 Å². The predicted molar refractivity (Wildman–Crippen MR) is 96.5 cm³/mol. The van der Waals surface area contributed by atoms with Gasteiger partial charge in [0.1, 0.15) is 5.82 Å². The fraction of sp³-hybridized carbons (Fsp3) is 0.158. The van der Waals surface area contributed by atoms with Crippen LogP contribution in [0.1, 0.15) is 22.4 Å². The van der Waals surface area contributed by atoms with Crippen molar-refractivity contribution in [3.63, 3.8) is 0 Å². The van der Waals surface area contributed by atoms with Gasteiger partial charge in [0, 0.05) is 11.1 Å². The summed E-state index contributed by atoms with van der Waals surface area (Å²) in [5.41, 5.74) is 1.47. The Morgan fingerprint density at radius 1 is 1.22 bits per heavy atom. The lowest BCUT2D eigenvalue weighted by Gasteiger charge is -2.11. The van der Waals surface area contributed by atoms with Crippen molar-refractivity contribution in [1.29, 1.82) is 5.26 Å². The third kappa shape index (κ3) is 3.06. The summed E-state index contributed by atoms with van der Waals surface area (Å²) in [7, 11) is -4.12. The largest absolute Gasteiger partial charge is 0.481 e. The molecule has 0 unspecified atom stereocenters. The molecule has 27 heavy (non-hydrogen) atoms. The molecule has 1 aromatic heterocycles. The lowest BCUT2D eigenvalue weighted by atomic mass is 10.1. The average Bonchev–Trinajstić information content (AvgIpc) is 2.87. The van der Waals surface area contributed by atoms with E-state index in [-0.39, 0.29) is 32.6 Å². The van der Waals surface area contributed by atoms with Gasteiger partial charge in [-0.3, -0.25) is 4.79 Å². The summed E-state index contributed by atoms with van der Waals surface area (Å²) in [4.78, 5) is 11.1. The van der Waals surface area contributed by atoms with Crippen LogP contribution in [-0.4, -0.2) is 23.5 Å². The Labute approximate surface area is 155 Å². The molecule has 6 nitrogen and oxygen atoms in total. The smallest absolute Gasteiger partial charge is 0.307 e. The van der Waals surface area contributed by atoms with Crippen molar-refractivity contribution < 1.29 is 22.7 Å². The van der Waals surface area contributed by atoms with Crippen LogP contribution in [-0.2, 0) is 21.2 Å². The molecule has 0 aliphatic heterocycles. The number of carboxylic acid groups (broad SMARTS) is 1. The molecule has 0 atom stereocenters. The third-order valence-corrected chi connectivity index (χ3v) is 6.24. The van der Waals surface area contributed by atoms with Gasteiger partial charge in [0.25, 0.3) is 10.0 Å². The standard InChI is InChI=1S/C19H15FN2O4S/c1-11-3-5-15(7-13(11)10-21)27(25,26)22-12(2)16(9-19(23)24)17-8-14(20)4-6-18(17)22/h3-8H,9H2,1-2H3,(H,23,24). The summed E-state index contributed by atoms with van der Waals surface area (Å²) in [6.45, 7) is 3.17. The fourth-order valence-corrected chi connectivity index (χ4v) is 4.70. The lowest BCUT2D eigenvalue weighted by molar-refractivity contribution is -0.136. The Hall–Kier alpha value is -3.18. The van der Waals surface area contributed by atoms with Crippen molar-refractivity contribution in [3.05, 3.63) is 64.6 Å². The molecule has 0 amide bonds. The number of fused-ring (bicyclic) bond motifs is 1. The molecule has 2 aromatic carbocycles. The zero-order valence-corrected chi connectivity index (χ0v) is 15.3. The predicted octanol–water partition coefficient (Wildman–Crippen LogP) is 3.13. The number of halogens is 1. The topological polar surface area (TPSA) is 100 Å². The van der Waals surface area contributed by atoms with Crippen LogP contribution in [0.5, 0.6) is 0 Å². The van der Waals surface area contributed by atoms with E-state index in [9.17, 15) is 22.9 Å². The van der Waals surface area contributed by atoms with Gasteiger partial charge in [-0.2, -0.15) is 5.26 Å². The normalized spacial score (nSPS) is 11.5. The molecule has 0 saturated heterocycles. The van der Waals surface area contributed by atoms with E-state index < -0.39 is 28.2 Å². The molecule has 3 rings (SSSR count). The number of hydrogen-bond donors (Lipinski definition) is 1. The number of benzene rings is 2. The molecule has 0 fully saturated rings. The Morgan fingerprint density at radius 3 is 2.56 bits per heavy atom. The maximum Gasteiger partial charge on any atom is 0.307 e. The number of nitrogens with zero attached hydrogens (tertiary/aromatic N) is 2. The molecule has 0 spiro atoms. The zero-order chi connectivity index (χ0) is 19.9. The first-order chi connectivity index (χ1) is 12.7. The van der Waals surface area contributed by atoms with Gasteiger partial charge < -0.3 is 5.11 Å². The van der Waals surface area contributed by atoms with Crippen LogP contribution in [0.2, 0.25) is 0 Å². The molecule has 0 aliphatic rings. The molecule has 0 saturated carbocycles. The number of carbonyl (C=O) groups is 1. The summed E-state index contributed by atoms with van der Waals surface area (Å²) < 4.78 is 41.2. The van der Waals surface area contributed by atoms with E-state index in [0.29, 0.717) is 5.56 Å². The highest BCUT2D eigenvalue weighted by molar-refractivity contribution is 7.90. The van der Waals surface area contributed by atoms with Gasteiger partial charge in [-0.1, -0.05) is 6.07 Å². The summed E-state index contributed by atoms with van der Waals surface area (Å²) in [6, 6.07) is 9.69. The SMILES string of the molecule is Cc1ccc(S(=O)(=O)n2c(C)c(CC(=O)O)c3cc(F)ccc32)cc1C#N. The number of nitriles is 1. The molecule has 0 aliphatic carbocycles. The highest BCUT2D eigenvalue weighted by Crippen LogP contribution is 2.31. The molecular formula is C19H15FN2O4S. The first kappa shape index (κ1) is 18.6. The lowest BCUT2D eigenvalue weighted by Crippen LogP contribution is -2.15. The van der Waals surface area contributed by atoms with Crippen molar-refractivity contribution in [2.24, 2.45) is 0 Å². The van der Waals surface area contributed by atoms with Gasteiger partial charge in [-0.25, -0.2) is 16.8 Å². The van der Waals surface area contributed by atoms with E-state index >= 15 is 0 Å². The summed E-state index contributed by atoms with van der Waals surface area (Å²) >= 11 is 0. The van der Waals surface area contributed by atoms with Crippen LogP contribution in [0.4, 0.5) is 4.39 Å². The first-order valence-corrected chi connectivity index (χ1v) is 9.38. The van der Waals surface area contributed by atoms with Crippen LogP contribution in [0.15, 0.2) is 41.3 Å². The molecule has 0 radical (unpaired) electrons. The summed E-state index contributed by atoms with van der Waals surface area (Å²) in [5.74, 6) is -1.74. The maximum absolute atomic E-state index is 13.7. The highest BCUT2D eigenvalue weighted by Gasteiger charge is 2.26. The third-order valence-electron chi connectivity index (χ3n) is 4.44. The van der Waals surface area contributed by atoms with Crippen LogP contribution in [0.25, 0.3) is 10.9 Å². The van der Waals surface area contributed by atoms with E-state index in [1.54, 1.807) is 6.92 Å². The number of aryl methyl sites for hydroxylation is 1. The minimum Gasteiger partial charge on any atom is -0.481 e. The number of aliphatic carboxylic acids is 1. The van der Waals surface area contributed by atoms with Crippen molar-refractivity contribution in [2.75, 3.05) is 0 Å². The Bertz CT molecular complexity index is 1240. The fourth-order valence-electron chi connectivity index (χ4n) is 3.10. The number of carboxylic acids is 1. The van der Waals surface area contributed by atoms with Crippen LogP contribution >= 0.6 is 0 Å². The van der Waals surface area contributed by atoms with Crippen molar-refractivity contribution in [1.82, 2.24) is 3.97 Å². The molecule has 1 N–H and O–H groups in total. The van der Waals surface area contributed by atoms with Crippen LogP contribution in [0, 0.1) is 31.0 Å². The van der Waals surface area contributed by atoms with Gasteiger partial charge >= 0.3 is 5.97 Å². The molecular weight excluding hydrogens is 371 g/mol. The van der Waals surface area contributed by atoms with E-state index in [0.717, 1.165) is 16.1 Å². The quantitative estimate of drug-likeness (QED) is 0.742. The van der Waals surface area contributed by atoms with Gasteiger partial charge in [0.15, 0.2) is 0 Å². The Kier molecular flexibility index (Phi) is 4.49. The van der Waals surface area contributed by atoms with Crippen LogP contribution < -0.4 is 0 Å². The first-order valence-electron chi connectivity index (χ1n) is 7.94. The molecule has 1 heterocycles. The highest BCUT2D eigenvalue weighted by atomic mass is 32.2. The van der Waals surface area contributed by atoms with E-state index in [1.165, 1.54) is 31.2 Å². The maximum atomic E-state index is 13.7. The van der Waals surface area contributed by atoms with Crippen molar-refractivity contribution in [3.8, 4) is 6.07 Å². The minimum absolute atomic E-state index is 0.101. The summed E-state index contributed by atoms with van der Waals surface area (Å²) in [6.07, 6.45) is -0.439. The van der Waals surface area contributed by atoms with E-state index in [1.807, 2.05) is 6.07 Å². The second-order valence-electron chi connectivity index (χ2n) is 6.15. The Balaban J connectivity index is 2.35. The van der Waals surface area contributed by atoms with Gasteiger partial charge in [0.2, 0.25) is 0 Å². The number of hydrogen-bond acceptors (Lipinski definition) is 4. The van der Waals surface area contributed by atoms with Gasteiger partial charge in [-0.15, -0.1) is 0 Å². The van der Waals surface area contributed by atoms with Gasteiger partial charge in [0.05, 0.1) is 28.5 Å². The second kappa shape index (κ2) is 6.52. The number of aromatic nitrogens is 1. The monoisotopic (exact) mass is 386 g/mol. The molecule has 8 heteroatoms. The van der Waals surface area contributed by atoms with Gasteiger partial charge in [-0.05, 0) is 55.3 Å². The summed E-state index contributed by atoms with van der Waals surface area (Å²) in [5, 5.41) is 18.6. The molecule has 0 bridgehead atoms. The second-order valence-corrected chi connectivity index (χ2v) is 7.94.